The molecule has 1 rings (SSSR count). The fourth-order valence-electron chi connectivity index (χ4n) is 1.65. The van der Waals surface area contributed by atoms with Gasteiger partial charge in [-0.3, -0.25) is 9.69 Å². The highest BCUT2D eigenvalue weighted by Crippen LogP contribution is 2.15. The number of carbonyl (C=O) groups is 1. The van der Waals surface area contributed by atoms with Crippen LogP contribution in [0, 0.1) is 0 Å². The van der Waals surface area contributed by atoms with Crippen molar-refractivity contribution in [1.29, 1.82) is 0 Å². The third kappa shape index (κ3) is 3.86. The summed E-state index contributed by atoms with van der Waals surface area (Å²) < 4.78 is 0. The Hall–Kier alpha value is -1.35. The first-order chi connectivity index (χ1) is 7.91. The van der Waals surface area contributed by atoms with Gasteiger partial charge >= 0.3 is 0 Å². The van der Waals surface area contributed by atoms with E-state index in [2.05, 4.69) is 38.1 Å². The number of likely N-dealkylation sites (N-methyl/N-ethyl adjacent to an activating group) is 1. The Morgan fingerprint density at radius 1 is 1.24 bits per heavy atom. The Morgan fingerprint density at radius 3 is 2.18 bits per heavy atom. The van der Waals surface area contributed by atoms with Gasteiger partial charge in [-0.15, -0.1) is 0 Å². The highest BCUT2D eigenvalue weighted by Gasteiger charge is 2.14. The van der Waals surface area contributed by atoms with Crippen LogP contribution in [0.25, 0.3) is 0 Å². The largest absolute Gasteiger partial charge is 0.368 e. The molecule has 0 radical (unpaired) electrons. The smallest absolute Gasteiger partial charge is 0.234 e. The summed E-state index contributed by atoms with van der Waals surface area (Å²) in [4.78, 5) is 13.0. The average molecular weight is 234 g/mol. The topological polar surface area (TPSA) is 46.3 Å². The third-order valence-electron chi connectivity index (χ3n) is 3.15. The van der Waals surface area contributed by atoms with E-state index in [9.17, 15) is 4.79 Å². The van der Waals surface area contributed by atoms with Crippen molar-refractivity contribution >= 4 is 5.91 Å². The van der Waals surface area contributed by atoms with E-state index in [1.54, 1.807) is 0 Å². The molecule has 1 amide bonds. The summed E-state index contributed by atoms with van der Waals surface area (Å²) in [7, 11) is 1.91. The van der Waals surface area contributed by atoms with Gasteiger partial charge in [-0.05, 0) is 31.0 Å². The number of hydrogen-bond donors (Lipinski definition) is 1. The molecule has 0 aliphatic carbocycles. The molecule has 0 bridgehead atoms. The van der Waals surface area contributed by atoms with Gasteiger partial charge in [-0.1, -0.05) is 38.1 Å². The molecule has 0 spiro atoms. The quantitative estimate of drug-likeness (QED) is 0.848. The normalized spacial score (nSPS) is 13.1. The van der Waals surface area contributed by atoms with Gasteiger partial charge in [0.05, 0.1) is 6.04 Å². The SMILES string of the molecule is CC(C)c1ccc(CN(C)[C@@H](C)C(N)=O)cc1. The first-order valence-electron chi connectivity index (χ1n) is 6.00. The predicted octanol–water partition coefficient (Wildman–Crippen LogP) is 2.12. The molecule has 17 heavy (non-hydrogen) atoms. The van der Waals surface area contributed by atoms with Gasteiger partial charge in [-0.2, -0.15) is 0 Å². The van der Waals surface area contributed by atoms with Gasteiger partial charge in [-0.25, -0.2) is 0 Å². The van der Waals surface area contributed by atoms with Crippen molar-refractivity contribution < 1.29 is 4.79 Å². The zero-order valence-electron chi connectivity index (χ0n) is 11.1. The van der Waals surface area contributed by atoms with Crippen molar-refractivity contribution in [3.63, 3.8) is 0 Å². The Bertz CT molecular complexity index is 370. The van der Waals surface area contributed by atoms with Crippen LogP contribution in [0.1, 0.15) is 37.8 Å². The Labute approximate surface area is 104 Å². The number of amides is 1. The Balaban J connectivity index is 2.66. The van der Waals surface area contributed by atoms with Crippen LogP contribution < -0.4 is 5.73 Å². The zero-order valence-corrected chi connectivity index (χ0v) is 11.1. The number of rotatable bonds is 5. The van der Waals surface area contributed by atoms with E-state index in [1.165, 1.54) is 11.1 Å². The highest BCUT2D eigenvalue weighted by molar-refractivity contribution is 5.79. The molecule has 0 saturated carbocycles. The van der Waals surface area contributed by atoms with Crippen LogP contribution in [0.3, 0.4) is 0 Å². The van der Waals surface area contributed by atoms with Crippen LogP contribution in [-0.4, -0.2) is 23.9 Å². The van der Waals surface area contributed by atoms with Crippen LogP contribution in [0.15, 0.2) is 24.3 Å². The van der Waals surface area contributed by atoms with E-state index in [1.807, 2.05) is 18.9 Å². The van der Waals surface area contributed by atoms with Crippen molar-refractivity contribution in [3.05, 3.63) is 35.4 Å². The molecule has 1 aromatic carbocycles. The van der Waals surface area contributed by atoms with Crippen molar-refractivity contribution in [3.8, 4) is 0 Å². The van der Waals surface area contributed by atoms with Gasteiger partial charge in [0.15, 0.2) is 0 Å². The number of hydrogen-bond acceptors (Lipinski definition) is 2. The maximum Gasteiger partial charge on any atom is 0.234 e. The third-order valence-corrected chi connectivity index (χ3v) is 3.15. The first kappa shape index (κ1) is 13.7. The van der Waals surface area contributed by atoms with Gasteiger partial charge in [0.25, 0.3) is 0 Å². The van der Waals surface area contributed by atoms with Crippen LogP contribution >= 0.6 is 0 Å². The van der Waals surface area contributed by atoms with Crippen LogP contribution in [0.4, 0.5) is 0 Å². The maximum absolute atomic E-state index is 11.1. The lowest BCUT2D eigenvalue weighted by atomic mass is 10.0. The standard InChI is InChI=1S/C14H22N2O/c1-10(2)13-7-5-12(6-8-13)9-16(4)11(3)14(15)17/h5-8,10-11H,9H2,1-4H3,(H2,15,17)/t11-/m0/s1. The Morgan fingerprint density at radius 2 is 1.76 bits per heavy atom. The van der Waals surface area contributed by atoms with Gasteiger partial charge in [0.2, 0.25) is 5.91 Å². The summed E-state index contributed by atoms with van der Waals surface area (Å²) in [6.07, 6.45) is 0. The molecule has 0 saturated heterocycles. The fourth-order valence-corrected chi connectivity index (χ4v) is 1.65. The molecule has 1 aromatic rings. The molecule has 0 unspecified atom stereocenters. The van der Waals surface area contributed by atoms with E-state index in [0.717, 1.165) is 6.54 Å². The minimum Gasteiger partial charge on any atom is -0.368 e. The molecule has 0 fully saturated rings. The fraction of sp³-hybridized carbons (Fsp3) is 0.500. The molecule has 0 heterocycles. The van der Waals surface area contributed by atoms with Gasteiger partial charge in [0.1, 0.15) is 0 Å². The van der Waals surface area contributed by atoms with E-state index in [0.29, 0.717) is 5.92 Å². The number of carbonyl (C=O) groups excluding carboxylic acids is 1. The minimum absolute atomic E-state index is 0.236. The minimum atomic E-state index is -0.286. The summed E-state index contributed by atoms with van der Waals surface area (Å²) in [5.74, 6) is 0.262. The van der Waals surface area contributed by atoms with E-state index in [-0.39, 0.29) is 11.9 Å². The summed E-state index contributed by atoms with van der Waals surface area (Å²) in [6.45, 7) is 6.92. The van der Waals surface area contributed by atoms with Crippen molar-refractivity contribution in [1.82, 2.24) is 4.90 Å². The van der Waals surface area contributed by atoms with Crippen LogP contribution in [0.5, 0.6) is 0 Å². The lowest BCUT2D eigenvalue weighted by molar-refractivity contribution is -0.122. The van der Waals surface area contributed by atoms with Crippen molar-refractivity contribution in [2.45, 2.75) is 39.3 Å². The summed E-state index contributed by atoms with van der Waals surface area (Å²) in [6, 6.07) is 8.27. The second kappa shape index (κ2) is 5.82. The summed E-state index contributed by atoms with van der Waals surface area (Å²) in [5.41, 5.74) is 7.81. The molecule has 3 heteroatoms. The van der Waals surface area contributed by atoms with E-state index in [4.69, 9.17) is 5.73 Å². The second-order valence-electron chi connectivity index (χ2n) is 4.89. The number of primary amides is 1. The Kier molecular flexibility index (Phi) is 4.70. The highest BCUT2D eigenvalue weighted by atomic mass is 16.1. The van der Waals surface area contributed by atoms with Crippen LogP contribution in [-0.2, 0) is 11.3 Å². The monoisotopic (exact) mass is 234 g/mol. The lowest BCUT2D eigenvalue weighted by Crippen LogP contribution is -2.39. The number of benzene rings is 1. The number of nitrogens with two attached hydrogens (primary N) is 1. The molecule has 94 valence electrons. The lowest BCUT2D eigenvalue weighted by Gasteiger charge is -2.22. The summed E-state index contributed by atoms with van der Waals surface area (Å²) in [5, 5.41) is 0. The molecule has 0 aliphatic rings. The maximum atomic E-state index is 11.1. The zero-order chi connectivity index (χ0) is 13.0. The van der Waals surface area contributed by atoms with Gasteiger partial charge in [0, 0.05) is 6.54 Å². The van der Waals surface area contributed by atoms with Gasteiger partial charge < -0.3 is 5.73 Å². The molecule has 0 aromatic heterocycles. The molecule has 1 atom stereocenters. The second-order valence-corrected chi connectivity index (χ2v) is 4.89. The summed E-state index contributed by atoms with van der Waals surface area (Å²) >= 11 is 0. The van der Waals surface area contributed by atoms with E-state index < -0.39 is 0 Å². The average Bonchev–Trinajstić information content (AvgIpc) is 2.28. The molecule has 3 nitrogen and oxygen atoms in total. The number of nitrogens with zero attached hydrogens (tertiary/aromatic N) is 1. The molecule has 2 N–H and O–H groups in total. The predicted molar refractivity (Wildman–Crippen MR) is 70.7 cm³/mol. The molecular weight excluding hydrogens is 212 g/mol. The van der Waals surface area contributed by atoms with Crippen molar-refractivity contribution in [2.24, 2.45) is 5.73 Å². The van der Waals surface area contributed by atoms with Crippen LogP contribution in [0.2, 0.25) is 0 Å². The molecule has 0 aliphatic heterocycles. The molecular formula is C14H22N2O. The van der Waals surface area contributed by atoms with E-state index >= 15 is 0 Å². The van der Waals surface area contributed by atoms with Crippen molar-refractivity contribution in [2.75, 3.05) is 7.05 Å². The first-order valence-corrected chi connectivity index (χ1v) is 6.00.